The van der Waals surface area contributed by atoms with Gasteiger partial charge in [0, 0.05) is 30.9 Å². The van der Waals surface area contributed by atoms with Crippen LogP contribution in [0.4, 0.5) is 5.69 Å². The van der Waals surface area contributed by atoms with Gasteiger partial charge in [-0.1, -0.05) is 135 Å². The van der Waals surface area contributed by atoms with Crippen LogP contribution in [0.15, 0.2) is 24.3 Å². The van der Waals surface area contributed by atoms with Gasteiger partial charge in [0.1, 0.15) is 0 Å². The van der Waals surface area contributed by atoms with Gasteiger partial charge >= 0.3 is 0 Å². The summed E-state index contributed by atoms with van der Waals surface area (Å²) in [6, 6.07) is 12.8. The Bertz CT molecular complexity index is 731. The molecule has 0 aliphatic carbocycles. The number of hydrogen-bond donors (Lipinski definition) is 1. The standard InChI is InChI=1S/C35H64N2OSi/c1-4-6-7-22-31-39(3,5-2)32-23-17-15-13-11-9-8-10-12-14-16-19-28-36-34-26-24-33(25-27-34)35(38)37-29-20-18-21-30-37/h24-27,36H,4-23,28-32H2,1-3H3. The van der Waals surface area contributed by atoms with Gasteiger partial charge in [-0.25, -0.2) is 0 Å². The first-order valence-corrected chi connectivity index (χ1v) is 20.3. The molecule has 2 rings (SSSR count). The minimum Gasteiger partial charge on any atom is -0.385 e. The third-order valence-corrected chi connectivity index (χ3v) is 14.1. The molecule has 0 spiro atoms. The highest BCUT2D eigenvalue weighted by molar-refractivity contribution is 6.78. The molecule has 0 radical (unpaired) electrons. The zero-order valence-electron chi connectivity index (χ0n) is 26.3. The van der Waals surface area contributed by atoms with Crippen molar-refractivity contribution >= 4 is 19.7 Å². The van der Waals surface area contributed by atoms with Crippen molar-refractivity contribution in [3.63, 3.8) is 0 Å². The maximum Gasteiger partial charge on any atom is 0.253 e. The van der Waals surface area contributed by atoms with Crippen LogP contribution in [0.5, 0.6) is 0 Å². The maximum absolute atomic E-state index is 12.6. The molecule has 1 aliphatic heterocycles. The number of nitrogens with one attached hydrogen (secondary N) is 1. The fourth-order valence-electron chi connectivity index (χ4n) is 6.14. The van der Waals surface area contributed by atoms with Crippen molar-refractivity contribution in [2.45, 2.75) is 161 Å². The molecule has 1 unspecified atom stereocenters. The van der Waals surface area contributed by atoms with E-state index in [1.807, 2.05) is 17.0 Å². The number of anilines is 1. The van der Waals surface area contributed by atoms with E-state index in [9.17, 15) is 4.79 Å². The molecule has 1 amide bonds. The molecule has 1 N–H and O–H groups in total. The second-order valence-corrected chi connectivity index (χ2v) is 18.2. The Morgan fingerprint density at radius 2 is 1.18 bits per heavy atom. The molecule has 1 saturated heterocycles. The predicted octanol–water partition coefficient (Wildman–Crippen LogP) is 11.1. The number of nitrogens with zero attached hydrogens (tertiary/aromatic N) is 1. The molecule has 224 valence electrons. The summed E-state index contributed by atoms with van der Waals surface area (Å²) in [7, 11) is -0.922. The number of unbranched alkanes of at least 4 members (excludes halogenated alkanes) is 14. The summed E-state index contributed by atoms with van der Waals surface area (Å²) in [6.07, 6.45) is 26.3. The van der Waals surface area contributed by atoms with Crippen molar-refractivity contribution in [3.05, 3.63) is 29.8 Å². The van der Waals surface area contributed by atoms with Crippen LogP contribution >= 0.6 is 0 Å². The van der Waals surface area contributed by atoms with E-state index in [-0.39, 0.29) is 5.91 Å². The zero-order valence-corrected chi connectivity index (χ0v) is 27.3. The molecule has 0 aromatic heterocycles. The lowest BCUT2D eigenvalue weighted by Gasteiger charge is -2.26. The Morgan fingerprint density at radius 3 is 1.69 bits per heavy atom. The number of benzene rings is 1. The second kappa shape index (κ2) is 21.5. The van der Waals surface area contributed by atoms with Crippen LogP contribution in [-0.4, -0.2) is 38.5 Å². The van der Waals surface area contributed by atoms with E-state index in [1.54, 1.807) is 12.1 Å². The third-order valence-electron chi connectivity index (χ3n) is 9.30. The largest absolute Gasteiger partial charge is 0.385 e. The Balaban J connectivity index is 1.36. The number of amides is 1. The van der Waals surface area contributed by atoms with Crippen molar-refractivity contribution < 1.29 is 4.79 Å². The molecule has 0 saturated carbocycles. The Labute approximate surface area is 244 Å². The van der Waals surface area contributed by atoms with E-state index in [4.69, 9.17) is 0 Å². The average Bonchev–Trinajstić information content (AvgIpc) is 2.97. The third kappa shape index (κ3) is 15.3. The highest BCUT2D eigenvalue weighted by atomic mass is 28.3. The number of carbonyl (C=O) groups excluding carboxylic acids is 1. The Hall–Kier alpha value is -1.29. The molecule has 3 nitrogen and oxygen atoms in total. The van der Waals surface area contributed by atoms with Crippen molar-refractivity contribution in [2.24, 2.45) is 0 Å². The smallest absolute Gasteiger partial charge is 0.253 e. The monoisotopic (exact) mass is 556 g/mol. The number of hydrogen-bond acceptors (Lipinski definition) is 2. The average molecular weight is 557 g/mol. The van der Waals surface area contributed by atoms with Crippen LogP contribution in [0.3, 0.4) is 0 Å². The predicted molar refractivity (Wildman–Crippen MR) is 176 cm³/mol. The summed E-state index contributed by atoms with van der Waals surface area (Å²) < 4.78 is 0. The quantitative estimate of drug-likeness (QED) is 0.107. The molecule has 1 heterocycles. The summed E-state index contributed by atoms with van der Waals surface area (Å²) in [4.78, 5) is 14.6. The fraction of sp³-hybridized carbons (Fsp3) is 0.800. The van der Waals surface area contributed by atoms with Crippen LogP contribution in [0.2, 0.25) is 24.7 Å². The van der Waals surface area contributed by atoms with Crippen molar-refractivity contribution in [1.29, 1.82) is 0 Å². The molecule has 4 heteroatoms. The number of piperidine rings is 1. The summed E-state index contributed by atoms with van der Waals surface area (Å²) >= 11 is 0. The maximum atomic E-state index is 12.6. The molecule has 1 aromatic rings. The van der Waals surface area contributed by atoms with E-state index >= 15 is 0 Å². The van der Waals surface area contributed by atoms with Crippen LogP contribution < -0.4 is 5.32 Å². The van der Waals surface area contributed by atoms with Gasteiger partial charge in [0.05, 0.1) is 8.07 Å². The lowest BCUT2D eigenvalue weighted by Crippen LogP contribution is -2.35. The van der Waals surface area contributed by atoms with E-state index < -0.39 is 8.07 Å². The molecule has 39 heavy (non-hydrogen) atoms. The van der Waals surface area contributed by atoms with Crippen LogP contribution in [-0.2, 0) is 0 Å². The van der Waals surface area contributed by atoms with E-state index in [0.717, 1.165) is 43.7 Å². The SMILES string of the molecule is CCCCCC[Si](C)(CC)CCCCCCCCCCCCCCNc1ccc(C(=O)N2CCCCC2)cc1. The first kappa shape index (κ1) is 33.9. The van der Waals surface area contributed by atoms with Gasteiger partial charge < -0.3 is 10.2 Å². The fourth-order valence-corrected chi connectivity index (χ4v) is 9.31. The normalized spacial score (nSPS) is 15.3. The van der Waals surface area contributed by atoms with Crippen molar-refractivity contribution in [3.8, 4) is 0 Å². The van der Waals surface area contributed by atoms with Crippen LogP contribution in [0, 0.1) is 0 Å². The molecule has 1 aromatic carbocycles. The Morgan fingerprint density at radius 1 is 0.692 bits per heavy atom. The molecule has 0 bridgehead atoms. The molecule has 1 fully saturated rings. The molecular weight excluding hydrogens is 492 g/mol. The van der Waals surface area contributed by atoms with Gasteiger partial charge in [-0.2, -0.15) is 0 Å². The van der Waals surface area contributed by atoms with Gasteiger partial charge in [-0.05, 0) is 49.9 Å². The molecule has 1 aliphatic rings. The molecule has 1 atom stereocenters. The highest BCUT2D eigenvalue weighted by Gasteiger charge is 2.23. The van der Waals surface area contributed by atoms with Gasteiger partial charge in [0.2, 0.25) is 0 Å². The number of rotatable bonds is 23. The van der Waals surface area contributed by atoms with E-state index in [2.05, 4.69) is 37.8 Å². The first-order valence-electron chi connectivity index (χ1n) is 17.2. The summed E-state index contributed by atoms with van der Waals surface area (Å²) in [5, 5.41) is 3.53. The van der Waals surface area contributed by atoms with Gasteiger partial charge in [-0.3, -0.25) is 4.79 Å². The van der Waals surface area contributed by atoms with Crippen LogP contribution in [0.1, 0.15) is 146 Å². The van der Waals surface area contributed by atoms with Gasteiger partial charge in [-0.15, -0.1) is 0 Å². The van der Waals surface area contributed by atoms with Crippen molar-refractivity contribution in [2.75, 3.05) is 25.0 Å². The zero-order chi connectivity index (χ0) is 28.0. The molecular formula is C35H64N2OSi. The van der Waals surface area contributed by atoms with E-state index in [0.29, 0.717) is 0 Å². The van der Waals surface area contributed by atoms with Gasteiger partial charge in [0.25, 0.3) is 5.91 Å². The van der Waals surface area contributed by atoms with E-state index in [1.165, 1.54) is 115 Å². The minimum absolute atomic E-state index is 0.195. The Kier molecular flexibility index (Phi) is 18.7. The van der Waals surface area contributed by atoms with Gasteiger partial charge in [0.15, 0.2) is 0 Å². The topological polar surface area (TPSA) is 32.3 Å². The summed E-state index contributed by atoms with van der Waals surface area (Å²) in [5.41, 5.74) is 1.96. The second-order valence-electron chi connectivity index (χ2n) is 12.8. The minimum atomic E-state index is -0.922. The summed E-state index contributed by atoms with van der Waals surface area (Å²) in [5.74, 6) is 0.195. The highest BCUT2D eigenvalue weighted by Crippen LogP contribution is 2.27. The first-order chi connectivity index (χ1) is 19.1. The van der Waals surface area contributed by atoms with Crippen LogP contribution in [0.25, 0.3) is 0 Å². The van der Waals surface area contributed by atoms with Crippen molar-refractivity contribution in [1.82, 2.24) is 4.90 Å². The number of likely N-dealkylation sites (tertiary alicyclic amines) is 1. The number of carbonyl (C=O) groups is 1. The lowest BCUT2D eigenvalue weighted by atomic mass is 10.1. The summed E-state index contributed by atoms with van der Waals surface area (Å²) in [6.45, 7) is 10.3. The lowest BCUT2D eigenvalue weighted by molar-refractivity contribution is 0.0724.